The van der Waals surface area contributed by atoms with Gasteiger partial charge in [-0.05, 0) is 24.5 Å². The first-order valence-electron chi connectivity index (χ1n) is 7.96. The molecule has 1 heterocycles. The number of carbonyl (C=O) groups is 1. The van der Waals surface area contributed by atoms with Gasteiger partial charge >= 0.3 is 0 Å². The van der Waals surface area contributed by atoms with Crippen LogP contribution in [0.3, 0.4) is 0 Å². The number of hydrogen-bond acceptors (Lipinski definition) is 4. The molecule has 0 atom stereocenters. The minimum atomic E-state index is -0.731. The Balaban J connectivity index is 1.76. The molecule has 122 valence electrons. The second-order valence-electron chi connectivity index (χ2n) is 6.34. The van der Waals surface area contributed by atoms with Crippen molar-refractivity contribution in [2.45, 2.75) is 37.8 Å². The SMILES string of the molecule is CN(CC1(O)CCCC1)C(=O)c1ccccc1Cn1cncn1. The number of aromatic nitrogens is 3. The van der Waals surface area contributed by atoms with E-state index < -0.39 is 5.60 Å². The predicted octanol–water partition coefficient (Wildman–Crippen LogP) is 1.70. The molecule has 2 aromatic rings. The molecule has 1 N–H and O–H groups in total. The number of benzene rings is 1. The summed E-state index contributed by atoms with van der Waals surface area (Å²) in [5.74, 6) is -0.0685. The number of likely N-dealkylation sites (N-methyl/N-ethyl adjacent to an activating group) is 1. The maximum atomic E-state index is 12.8. The fraction of sp³-hybridized carbons (Fsp3) is 0.471. The van der Waals surface area contributed by atoms with Crippen molar-refractivity contribution in [1.82, 2.24) is 19.7 Å². The predicted molar refractivity (Wildman–Crippen MR) is 85.9 cm³/mol. The molecule has 3 rings (SSSR count). The van der Waals surface area contributed by atoms with Gasteiger partial charge < -0.3 is 10.0 Å². The van der Waals surface area contributed by atoms with E-state index in [0.717, 1.165) is 31.2 Å². The third-order valence-electron chi connectivity index (χ3n) is 4.46. The zero-order chi connectivity index (χ0) is 16.3. The molecule has 0 radical (unpaired) electrons. The first-order chi connectivity index (χ1) is 11.1. The van der Waals surface area contributed by atoms with Crippen LogP contribution in [0.25, 0.3) is 0 Å². The number of rotatable bonds is 5. The fourth-order valence-electron chi connectivity index (χ4n) is 3.27. The van der Waals surface area contributed by atoms with Crippen LogP contribution < -0.4 is 0 Å². The summed E-state index contributed by atoms with van der Waals surface area (Å²) in [6, 6.07) is 7.51. The van der Waals surface area contributed by atoms with E-state index in [1.807, 2.05) is 24.3 Å². The molecule has 0 aliphatic heterocycles. The molecular weight excluding hydrogens is 292 g/mol. The lowest BCUT2D eigenvalue weighted by atomic mass is 10.0. The molecule has 1 amide bonds. The number of amides is 1. The summed E-state index contributed by atoms with van der Waals surface area (Å²) >= 11 is 0. The summed E-state index contributed by atoms with van der Waals surface area (Å²) in [5, 5.41) is 14.6. The minimum Gasteiger partial charge on any atom is -0.388 e. The van der Waals surface area contributed by atoms with Crippen molar-refractivity contribution in [3.63, 3.8) is 0 Å². The van der Waals surface area contributed by atoms with E-state index in [9.17, 15) is 9.90 Å². The quantitative estimate of drug-likeness (QED) is 0.912. The third kappa shape index (κ3) is 3.59. The molecule has 1 saturated carbocycles. The van der Waals surface area contributed by atoms with Gasteiger partial charge in [0.05, 0.1) is 12.1 Å². The standard InChI is InChI=1S/C17H22N4O2/c1-20(11-17(23)8-4-5-9-17)16(22)15-7-3-2-6-14(15)10-21-13-18-12-19-21/h2-3,6-7,12-13,23H,4-5,8-11H2,1H3. The lowest BCUT2D eigenvalue weighted by Crippen LogP contribution is -2.42. The second kappa shape index (κ2) is 6.50. The Labute approximate surface area is 135 Å². The first kappa shape index (κ1) is 15.7. The average Bonchev–Trinajstić information content (AvgIpc) is 3.19. The molecule has 0 saturated heterocycles. The van der Waals surface area contributed by atoms with Crippen LogP contribution in [-0.2, 0) is 6.54 Å². The van der Waals surface area contributed by atoms with Crippen LogP contribution >= 0.6 is 0 Å². The van der Waals surface area contributed by atoms with Gasteiger partial charge in [0.25, 0.3) is 5.91 Å². The molecule has 1 aromatic carbocycles. The van der Waals surface area contributed by atoms with Crippen LogP contribution in [-0.4, -0.2) is 49.9 Å². The molecule has 0 spiro atoms. The molecule has 6 heteroatoms. The van der Waals surface area contributed by atoms with Crippen molar-refractivity contribution in [3.8, 4) is 0 Å². The summed E-state index contributed by atoms with van der Waals surface area (Å²) < 4.78 is 1.69. The average molecular weight is 314 g/mol. The minimum absolute atomic E-state index is 0.0685. The van der Waals surface area contributed by atoms with Gasteiger partial charge in [0.2, 0.25) is 0 Å². The van der Waals surface area contributed by atoms with Crippen molar-refractivity contribution in [2.75, 3.05) is 13.6 Å². The van der Waals surface area contributed by atoms with Crippen LogP contribution in [0.1, 0.15) is 41.6 Å². The largest absolute Gasteiger partial charge is 0.388 e. The second-order valence-corrected chi connectivity index (χ2v) is 6.34. The van der Waals surface area contributed by atoms with Crippen molar-refractivity contribution in [2.24, 2.45) is 0 Å². The molecule has 0 unspecified atom stereocenters. The van der Waals surface area contributed by atoms with Gasteiger partial charge in [0.1, 0.15) is 12.7 Å². The topological polar surface area (TPSA) is 71.2 Å². The van der Waals surface area contributed by atoms with Crippen molar-refractivity contribution in [3.05, 3.63) is 48.0 Å². The van der Waals surface area contributed by atoms with Gasteiger partial charge in [-0.15, -0.1) is 0 Å². The van der Waals surface area contributed by atoms with Crippen LogP contribution in [0.5, 0.6) is 0 Å². The van der Waals surface area contributed by atoms with Crippen LogP contribution in [0.15, 0.2) is 36.9 Å². The molecular formula is C17H22N4O2. The van der Waals surface area contributed by atoms with E-state index in [1.54, 1.807) is 23.0 Å². The van der Waals surface area contributed by atoms with Crippen molar-refractivity contribution in [1.29, 1.82) is 0 Å². The Kier molecular flexibility index (Phi) is 4.43. The van der Waals surface area contributed by atoms with E-state index >= 15 is 0 Å². The molecule has 0 bridgehead atoms. The van der Waals surface area contributed by atoms with E-state index in [-0.39, 0.29) is 5.91 Å². The monoisotopic (exact) mass is 314 g/mol. The van der Waals surface area contributed by atoms with Gasteiger partial charge in [-0.1, -0.05) is 31.0 Å². The van der Waals surface area contributed by atoms with Crippen molar-refractivity contribution >= 4 is 5.91 Å². The zero-order valence-electron chi connectivity index (χ0n) is 13.4. The molecule has 1 aliphatic carbocycles. The Morgan fingerprint density at radius 3 is 2.78 bits per heavy atom. The highest BCUT2D eigenvalue weighted by atomic mass is 16.3. The van der Waals surface area contributed by atoms with Crippen LogP contribution in [0, 0.1) is 0 Å². The summed E-state index contributed by atoms with van der Waals surface area (Å²) in [7, 11) is 1.75. The van der Waals surface area contributed by atoms with Crippen LogP contribution in [0.2, 0.25) is 0 Å². The summed E-state index contributed by atoms with van der Waals surface area (Å²) in [5.41, 5.74) is 0.811. The fourth-order valence-corrected chi connectivity index (χ4v) is 3.27. The molecule has 23 heavy (non-hydrogen) atoms. The number of nitrogens with zero attached hydrogens (tertiary/aromatic N) is 4. The number of carbonyl (C=O) groups excluding carboxylic acids is 1. The normalized spacial score (nSPS) is 16.4. The van der Waals surface area contributed by atoms with Crippen LogP contribution in [0.4, 0.5) is 0 Å². The highest BCUT2D eigenvalue weighted by Gasteiger charge is 2.33. The van der Waals surface area contributed by atoms with Crippen molar-refractivity contribution < 1.29 is 9.90 Å². The summed E-state index contributed by atoms with van der Waals surface area (Å²) in [6.45, 7) is 0.878. The maximum absolute atomic E-state index is 12.8. The molecule has 1 aromatic heterocycles. The molecule has 1 aliphatic rings. The van der Waals surface area contributed by atoms with E-state index in [1.165, 1.54) is 6.33 Å². The third-order valence-corrected chi connectivity index (χ3v) is 4.46. The van der Waals surface area contributed by atoms with E-state index in [0.29, 0.717) is 18.7 Å². The smallest absolute Gasteiger partial charge is 0.254 e. The van der Waals surface area contributed by atoms with Gasteiger partial charge in [-0.3, -0.25) is 4.79 Å². The highest BCUT2D eigenvalue weighted by molar-refractivity contribution is 5.95. The number of hydrogen-bond donors (Lipinski definition) is 1. The van der Waals surface area contributed by atoms with Gasteiger partial charge in [0.15, 0.2) is 0 Å². The Bertz CT molecular complexity index is 663. The van der Waals surface area contributed by atoms with Gasteiger partial charge in [-0.25, -0.2) is 9.67 Å². The first-order valence-corrected chi connectivity index (χ1v) is 7.96. The Morgan fingerprint density at radius 1 is 1.35 bits per heavy atom. The Hall–Kier alpha value is -2.21. The molecule has 6 nitrogen and oxygen atoms in total. The molecule has 1 fully saturated rings. The lowest BCUT2D eigenvalue weighted by molar-refractivity contribution is 0.0156. The summed E-state index contributed by atoms with van der Waals surface area (Å²) in [4.78, 5) is 18.4. The van der Waals surface area contributed by atoms with Gasteiger partial charge in [0, 0.05) is 19.2 Å². The van der Waals surface area contributed by atoms with Gasteiger partial charge in [-0.2, -0.15) is 5.10 Å². The Morgan fingerprint density at radius 2 is 2.09 bits per heavy atom. The highest BCUT2D eigenvalue weighted by Crippen LogP contribution is 2.30. The van der Waals surface area contributed by atoms with E-state index in [4.69, 9.17) is 0 Å². The maximum Gasteiger partial charge on any atom is 0.254 e. The summed E-state index contributed by atoms with van der Waals surface area (Å²) in [6.07, 6.45) is 6.71. The zero-order valence-corrected chi connectivity index (χ0v) is 13.4. The van der Waals surface area contributed by atoms with E-state index in [2.05, 4.69) is 10.1 Å². The number of aliphatic hydroxyl groups is 1. The lowest BCUT2D eigenvalue weighted by Gasteiger charge is -2.29.